The van der Waals surface area contributed by atoms with Gasteiger partial charge in [0.15, 0.2) is 5.88 Å². The predicted molar refractivity (Wildman–Crippen MR) is 89.8 cm³/mol. The third-order valence-electron chi connectivity index (χ3n) is 3.95. The van der Waals surface area contributed by atoms with Gasteiger partial charge in [0.05, 0.1) is 18.8 Å². The number of nitrogens with zero attached hydrogens (tertiary/aromatic N) is 2. The molecule has 1 unspecified atom stereocenters. The van der Waals surface area contributed by atoms with Gasteiger partial charge in [-0.25, -0.2) is 9.69 Å². The Hall–Kier alpha value is -2.82. The fourth-order valence-electron chi connectivity index (χ4n) is 2.79. The average Bonchev–Trinajstić information content (AvgIpc) is 2.67. The van der Waals surface area contributed by atoms with Gasteiger partial charge in [-0.05, 0) is 36.6 Å². The summed E-state index contributed by atoms with van der Waals surface area (Å²) in [6, 6.07) is 15.1. The third kappa shape index (κ3) is 3.56. The van der Waals surface area contributed by atoms with E-state index in [1.54, 1.807) is 18.2 Å². The highest BCUT2D eigenvalue weighted by molar-refractivity contribution is 5.70. The molecule has 124 valence electrons. The molecule has 0 saturated heterocycles. The van der Waals surface area contributed by atoms with E-state index in [9.17, 15) is 4.79 Å². The molecule has 24 heavy (non-hydrogen) atoms. The Morgan fingerprint density at radius 2 is 2.00 bits per heavy atom. The number of pyridine rings is 1. The van der Waals surface area contributed by atoms with Crippen LogP contribution >= 0.6 is 0 Å². The van der Waals surface area contributed by atoms with Gasteiger partial charge in [0, 0.05) is 6.20 Å². The van der Waals surface area contributed by atoms with E-state index < -0.39 is 6.09 Å². The van der Waals surface area contributed by atoms with Crippen LogP contribution in [-0.2, 0) is 16.1 Å². The normalized spacial score (nSPS) is 17.1. The number of rotatable bonds is 4. The van der Waals surface area contributed by atoms with Gasteiger partial charge in [-0.2, -0.15) is 0 Å². The molecule has 0 saturated carbocycles. The fourth-order valence-corrected chi connectivity index (χ4v) is 2.79. The first kappa shape index (κ1) is 16.1. The van der Waals surface area contributed by atoms with Crippen molar-refractivity contribution in [2.45, 2.75) is 25.5 Å². The number of allylic oxidation sites excluding steroid dienone is 1. The lowest BCUT2D eigenvalue weighted by Crippen LogP contribution is -2.37. The number of carbonyl (C=O) groups is 1. The van der Waals surface area contributed by atoms with Gasteiger partial charge in [-0.3, -0.25) is 4.98 Å². The topological polar surface area (TPSA) is 51.7 Å². The summed E-state index contributed by atoms with van der Waals surface area (Å²) >= 11 is 0. The smallest absolute Gasteiger partial charge is 0.417 e. The van der Waals surface area contributed by atoms with Gasteiger partial charge >= 0.3 is 6.09 Å². The molecule has 2 aromatic rings. The molecule has 1 aromatic heterocycles. The zero-order valence-electron chi connectivity index (χ0n) is 13.6. The molecule has 5 nitrogen and oxygen atoms in total. The maximum atomic E-state index is 12.7. The highest BCUT2D eigenvalue weighted by atomic mass is 16.6. The number of carbonyl (C=O) groups excluding carboxylic acids is 1. The van der Waals surface area contributed by atoms with Crippen LogP contribution < -0.4 is 0 Å². The molecule has 0 aliphatic carbocycles. The Labute approximate surface area is 141 Å². The Morgan fingerprint density at radius 3 is 2.71 bits per heavy atom. The number of aromatic nitrogens is 1. The zero-order valence-corrected chi connectivity index (χ0v) is 13.6. The van der Waals surface area contributed by atoms with Crippen LogP contribution in [0.15, 0.2) is 66.7 Å². The first-order valence-electron chi connectivity index (χ1n) is 7.94. The van der Waals surface area contributed by atoms with Crippen molar-refractivity contribution < 1.29 is 14.3 Å². The second-order valence-corrected chi connectivity index (χ2v) is 5.50. The molecule has 0 N–H and O–H groups in total. The Bertz CT molecular complexity index is 701. The van der Waals surface area contributed by atoms with Crippen molar-refractivity contribution in [2.75, 3.05) is 7.11 Å². The molecule has 1 atom stereocenters. The number of hydrogen-bond donors (Lipinski definition) is 0. The van der Waals surface area contributed by atoms with Gasteiger partial charge in [0.1, 0.15) is 6.61 Å². The highest BCUT2D eigenvalue weighted by Gasteiger charge is 2.33. The average molecular weight is 324 g/mol. The summed E-state index contributed by atoms with van der Waals surface area (Å²) in [6.45, 7) is 0.224. The third-order valence-corrected chi connectivity index (χ3v) is 3.95. The quantitative estimate of drug-likeness (QED) is 0.851. The summed E-state index contributed by atoms with van der Waals surface area (Å²) in [5.41, 5.74) is 1.78. The molecule has 1 aromatic carbocycles. The van der Waals surface area contributed by atoms with Crippen LogP contribution in [0.4, 0.5) is 4.79 Å². The van der Waals surface area contributed by atoms with Crippen LogP contribution in [0, 0.1) is 0 Å². The van der Waals surface area contributed by atoms with Gasteiger partial charge < -0.3 is 9.47 Å². The minimum Gasteiger partial charge on any atom is -0.482 e. The van der Waals surface area contributed by atoms with Crippen molar-refractivity contribution in [1.82, 2.24) is 9.88 Å². The van der Waals surface area contributed by atoms with Crippen molar-refractivity contribution in [1.29, 1.82) is 0 Å². The van der Waals surface area contributed by atoms with Gasteiger partial charge in [-0.15, -0.1) is 0 Å². The number of hydrogen-bond acceptors (Lipinski definition) is 4. The lowest BCUT2D eigenvalue weighted by Gasteiger charge is -2.34. The lowest BCUT2D eigenvalue weighted by molar-refractivity contribution is 0.0539. The summed E-state index contributed by atoms with van der Waals surface area (Å²) in [5.74, 6) is 0.509. The van der Waals surface area contributed by atoms with Crippen molar-refractivity contribution in [3.05, 3.63) is 77.9 Å². The lowest BCUT2D eigenvalue weighted by atomic mass is 10.0. The van der Waals surface area contributed by atoms with E-state index >= 15 is 0 Å². The van der Waals surface area contributed by atoms with Crippen LogP contribution in [0.5, 0.6) is 0 Å². The van der Waals surface area contributed by atoms with E-state index in [0.717, 1.165) is 24.1 Å². The number of ether oxygens (including phenoxy) is 2. The monoisotopic (exact) mass is 324 g/mol. The fraction of sp³-hybridized carbons (Fsp3) is 0.263. The summed E-state index contributed by atoms with van der Waals surface area (Å²) in [4.78, 5) is 18.6. The molecule has 3 rings (SSSR count). The Kier molecular flexibility index (Phi) is 5.11. The molecule has 1 aliphatic heterocycles. The van der Waals surface area contributed by atoms with E-state index in [0.29, 0.717) is 5.88 Å². The predicted octanol–water partition coefficient (Wildman–Crippen LogP) is 4.04. The van der Waals surface area contributed by atoms with E-state index in [4.69, 9.17) is 9.47 Å². The summed E-state index contributed by atoms with van der Waals surface area (Å²) in [6.07, 6.45) is 4.82. The van der Waals surface area contributed by atoms with E-state index in [1.807, 2.05) is 54.6 Å². The van der Waals surface area contributed by atoms with E-state index in [-0.39, 0.29) is 12.6 Å². The highest BCUT2D eigenvalue weighted by Crippen LogP contribution is 2.33. The van der Waals surface area contributed by atoms with Gasteiger partial charge in [-0.1, -0.05) is 36.4 Å². The van der Waals surface area contributed by atoms with Crippen molar-refractivity contribution >= 4 is 6.09 Å². The molecular weight excluding hydrogens is 304 g/mol. The second-order valence-electron chi connectivity index (χ2n) is 5.50. The largest absolute Gasteiger partial charge is 0.482 e. The molecule has 0 radical (unpaired) electrons. The Morgan fingerprint density at radius 1 is 1.21 bits per heavy atom. The number of amides is 1. The molecule has 0 spiro atoms. The van der Waals surface area contributed by atoms with E-state index in [1.165, 1.54) is 0 Å². The molecule has 0 bridgehead atoms. The first-order chi connectivity index (χ1) is 11.8. The standard InChI is InChI=1S/C19H20N2O3/c1-23-18-12-7-11-17(16-10-5-6-13-20-16)21(18)19(22)24-14-15-8-3-2-4-9-15/h2-6,8-10,12-13,17H,7,11,14H2,1H3. The van der Waals surface area contributed by atoms with Crippen LogP contribution in [0.3, 0.4) is 0 Å². The maximum absolute atomic E-state index is 12.7. The number of benzene rings is 1. The first-order valence-corrected chi connectivity index (χ1v) is 7.94. The van der Waals surface area contributed by atoms with Crippen molar-refractivity contribution in [2.24, 2.45) is 0 Å². The minimum absolute atomic E-state index is 0.186. The maximum Gasteiger partial charge on any atom is 0.417 e. The van der Waals surface area contributed by atoms with Crippen LogP contribution in [0.25, 0.3) is 0 Å². The zero-order chi connectivity index (χ0) is 16.8. The summed E-state index contributed by atoms with van der Waals surface area (Å²) in [5, 5.41) is 0. The van der Waals surface area contributed by atoms with Crippen molar-refractivity contribution in [3.63, 3.8) is 0 Å². The summed E-state index contributed by atoms with van der Waals surface area (Å²) < 4.78 is 10.9. The van der Waals surface area contributed by atoms with Crippen LogP contribution in [0.2, 0.25) is 0 Å². The molecule has 1 aliphatic rings. The molecule has 0 fully saturated rings. The van der Waals surface area contributed by atoms with Crippen LogP contribution in [-0.4, -0.2) is 23.1 Å². The van der Waals surface area contributed by atoms with E-state index in [2.05, 4.69) is 4.98 Å². The molecule has 2 heterocycles. The SMILES string of the molecule is COC1=CCCC(c2ccccn2)N1C(=O)OCc1ccccc1. The molecule has 1 amide bonds. The second kappa shape index (κ2) is 7.64. The number of methoxy groups -OCH3 is 1. The van der Waals surface area contributed by atoms with Crippen molar-refractivity contribution in [3.8, 4) is 0 Å². The molecular formula is C19H20N2O3. The van der Waals surface area contributed by atoms with Gasteiger partial charge in [0.25, 0.3) is 0 Å². The molecule has 5 heteroatoms. The Balaban J connectivity index is 1.78. The van der Waals surface area contributed by atoms with Crippen LogP contribution in [0.1, 0.15) is 30.1 Å². The van der Waals surface area contributed by atoms with Gasteiger partial charge in [0.2, 0.25) is 0 Å². The summed E-state index contributed by atoms with van der Waals surface area (Å²) in [7, 11) is 1.56. The minimum atomic E-state index is -0.428.